The molecule has 1 aliphatic heterocycles. The van der Waals surface area contributed by atoms with Crippen LogP contribution in [0.3, 0.4) is 0 Å². The molecular weight excluding hydrogens is 280 g/mol. The van der Waals surface area contributed by atoms with Crippen molar-refractivity contribution < 1.29 is 9.53 Å². The Morgan fingerprint density at radius 1 is 1.55 bits per heavy atom. The molecule has 1 amide bonds. The molecule has 124 valence electrons. The van der Waals surface area contributed by atoms with E-state index in [4.69, 9.17) is 4.74 Å². The number of carbonyl (C=O) groups is 1. The van der Waals surface area contributed by atoms with Crippen LogP contribution in [0.1, 0.15) is 49.3 Å². The third kappa shape index (κ3) is 4.30. The minimum atomic E-state index is -0.0648. The zero-order valence-electron chi connectivity index (χ0n) is 14.1. The summed E-state index contributed by atoms with van der Waals surface area (Å²) in [6.07, 6.45) is 1.06. The van der Waals surface area contributed by atoms with Crippen LogP contribution in [0.5, 0.6) is 0 Å². The number of ether oxygens (including phenoxy) is 1. The van der Waals surface area contributed by atoms with Gasteiger partial charge in [-0.2, -0.15) is 5.10 Å². The number of morpholine rings is 1. The lowest BCUT2D eigenvalue weighted by Gasteiger charge is -2.32. The van der Waals surface area contributed by atoms with Crippen LogP contribution in [0.15, 0.2) is 6.07 Å². The van der Waals surface area contributed by atoms with E-state index in [0.717, 1.165) is 38.4 Å². The number of nitrogens with one attached hydrogen (secondary N) is 1. The summed E-state index contributed by atoms with van der Waals surface area (Å²) in [6, 6.07) is 1.87. The fraction of sp³-hybridized carbons (Fsp3) is 0.750. The predicted molar refractivity (Wildman–Crippen MR) is 86.1 cm³/mol. The fourth-order valence-corrected chi connectivity index (χ4v) is 2.66. The summed E-state index contributed by atoms with van der Waals surface area (Å²) in [5.41, 5.74) is 1.56. The molecule has 0 spiro atoms. The predicted octanol–water partition coefficient (Wildman–Crippen LogP) is 1.38. The second-order valence-electron chi connectivity index (χ2n) is 6.16. The first kappa shape index (κ1) is 17.0. The quantitative estimate of drug-likeness (QED) is 0.862. The molecule has 2 heterocycles. The molecule has 1 aliphatic rings. The van der Waals surface area contributed by atoms with Gasteiger partial charge in [-0.3, -0.25) is 14.4 Å². The number of amides is 1. The van der Waals surface area contributed by atoms with Crippen molar-refractivity contribution in [1.82, 2.24) is 20.0 Å². The van der Waals surface area contributed by atoms with Gasteiger partial charge in [-0.1, -0.05) is 20.8 Å². The molecule has 1 atom stereocenters. The number of carbonyl (C=O) groups excluding carboxylic acids is 1. The van der Waals surface area contributed by atoms with Gasteiger partial charge in [0, 0.05) is 26.7 Å². The third-order valence-corrected chi connectivity index (χ3v) is 4.14. The normalized spacial score (nSPS) is 19.6. The summed E-state index contributed by atoms with van der Waals surface area (Å²) < 4.78 is 7.40. The van der Waals surface area contributed by atoms with Crippen LogP contribution < -0.4 is 5.32 Å². The van der Waals surface area contributed by atoms with Gasteiger partial charge in [-0.05, 0) is 24.9 Å². The number of hydrogen-bond acceptors (Lipinski definition) is 4. The summed E-state index contributed by atoms with van der Waals surface area (Å²) in [4.78, 5) is 14.6. The highest BCUT2D eigenvalue weighted by Gasteiger charge is 2.20. The van der Waals surface area contributed by atoms with Gasteiger partial charge in [-0.25, -0.2) is 0 Å². The summed E-state index contributed by atoms with van der Waals surface area (Å²) in [7, 11) is 1.81. The largest absolute Gasteiger partial charge is 0.375 e. The van der Waals surface area contributed by atoms with Gasteiger partial charge < -0.3 is 10.1 Å². The molecular formula is C16H28N4O2. The highest BCUT2D eigenvalue weighted by atomic mass is 16.5. The maximum Gasteiger partial charge on any atom is 0.269 e. The lowest BCUT2D eigenvalue weighted by molar-refractivity contribution is -0.0296. The average molecular weight is 308 g/mol. The number of aromatic nitrogens is 2. The summed E-state index contributed by atoms with van der Waals surface area (Å²) in [5.74, 6) is 0.258. The first-order chi connectivity index (χ1) is 10.5. The van der Waals surface area contributed by atoms with E-state index in [9.17, 15) is 4.79 Å². The lowest BCUT2D eigenvalue weighted by atomic mass is 10.1. The monoisotopic (exact) mass is 308 g/mol. The first-order valence-electron chi connectivity index (χ1n) is 8.17. The fourth-order valence-electron chi connectivity index (χ4n) is 2.66. The number of hydrogen-bond donors (Lipinski definition) is 1. The highest BCUT2D eigenvalue weighted by molar-refractivity contribution is 5.92. The molecule has 1 saturated heterocycles. The van der Waals surface area contributed by atoms with Gasteiger partial charge in [0.2, 0.25) is 0 Å². The van der Waals surface area contributed by atoms with E-state index in [-0.39, 0.29) is 12.0 Å². The molecule has 0 saturated carbocycles. The maximum absolute atomic E-state index is 12.2. The highest BCUT2D eigenvalue weighted by Crippen LogP contribution is 2.14. The van der Waals surface area contributed by atoms with Crippen molar-refractivity contribution in [3.05, 3.63) is 17.5 Å². The molecule has 0 bridgehead atoms. The van der Waals surface area contributed by atoms with Gasteiger partial charge in [0.15, 0.2) is 0 Å². The molecule has 0 radical (unpaired) electrons. The van der Waals surface area contributed by atoms with Crippen LogP contribution in [-0.2, 0) is 11.8 Å². The summed E-state index contributed by atoms with van der Waals surface area (Å²) >= 11 is 0. The zero-order valence-corrected chi connectivity index (χ0v) is 14.1. The summed E-state index contributed by atoms with van der Waals surface area (Å²) in [6.45, 7) is 10.7. The molecule has 0 unspecified atom stereocenters. The van der Waals surface area contributed by atoms with E-state index in [1.165, 1.54) is 0 Å². The maximum atomic E-state index is 12.2. The van der Waals surface area contributed by atoms with E-state index >= 15 is 0 Å². The minimum Gasteiger partial charge on any atom is -0.375 e. The van der Waals surface area contributed by atoms with E-state index in [1.54, 1.807) is 4.68 Å². The lowest BCUT2D eigenvalue weighted by Crippen LogP contribution is -2.43. The van der Waals surface area contributed by atoms with Crippen molar-refractivity contribution in [2.75, 3.05) is 32.8 Å². The van der Waals surface area contributed by atoms with Crippen LogP contribution in [0, 0.1) is 0 Å². The van der Waals surface area contributed by atoms with Gasteiger partial charge >= 0.3 is 0 Å². The van der Waals surface area contributed by atoms with E-state index in [1.807, 2.05) is 13.1 Å². The molecule has 2 rings (SSSR count). The van der Waals surface area contributed by atoms with E-state index in [0.29, 0.717) is 18.2 Å². The van der Waals surface area contributed by atoms with Gasteiger partial charge in [0.25, 0.3) is 5.91 Å². The Bertz CT molecular complexity index is 498. The van der Waals surface area contributed by atoms with Crippen LogP contribution in [0.25, 0.3) is 0 Å². The smallest absolute Gasteiger partial charge is 0.269 e. The van der Waals surface area contributed by atoms with E-state index in [2.05, 4.69) is 36.1 Å². The van der Waals surface area contributed by atoms with Crippen LogP contribution >= 0.6 is 0 Å². The third-order valence-electron chi connectivity index (χ3n) is 4.14. The van der Waals surface area contributed by atoms with Crippen molar-refractivity contribution in [2.45, 2.75) is 39.2 Å². The molecule has 0 aliphatic carbocycles. The number of rotatable bonds is 6. The standard InChI is InChI=1S/C16H28N4O2/c1-5-20-8-9-22-13(11-20)6-7-17-16(21)15-10-14(12(2)3)18-19(15)4/h10,12-13H,5-9,11H2,1-4H3,(H,17,21)/t13-/m0/s1. The van der Waals surface area contributed by atoms with Crippen molar-refractivity contribution in [2.24, 2.45) is 7.05 Å². The Morgan fingerprint density at radius 2 is 2.32 bits per heavy atom. The van der Waals surface area contributed by atoms with Crippen molar-refractivity contribution in [3.8, 4) is 0 Å². The molecule has 6 nitrogen and oxygen atoms in total. The van der Waals surface area contributed by atoms with Gasteiger partial charge in [0.1, 0.15) is 5.69 Å². The minimum absolute atomic E-state index is 0.0648. The van der Waals surface area contributed by atoms with Gasteiger partial charge in [-0.15, -0.1) is 0 Å². The van der Waals surface area contributed by atoms with Crippen LogP contribution in [-0.4, -0.2) is 59.5 Å². The second-order valence-corrected chi connectivity index (χ2v) is 6.16. The Hall–Kier alpha value is -1.40. The molecule has 1 aromatic heterocycles. The van der Waals surface area contributed by atoms with Crippen LogP contribution in [0.4, 0.5) is 0 Å². The molecule has 1 aromatic rings. The molecule has 1 fully saturated rings. The molecule has 0 aromatic carbocycles. The number of likely N-dealkylation sites (N-methyl/N-ethyl adjacent to an activating group) is 1. The van der Waals surface area contributed by atoms with Crippen molar-refractivity contribution >= 4 is 5.91 Å². The SMILES string of the molecule is CCN1CCO[C@@H](CCNC(=O)c2cc(C(C)C)nn2C)C1. The average Bonchev–Trinajstić information content (AvgIpc) is 2.90. The molecule has 1 N–H and O–H groups in total. The van der Waals surface area contributed by atoms with Gasteiger partial charge in [0.05, 0.1) is 18.4 Å². The Kier molecular flexibility index (Phi) is 5.97. The Morgan fingerprint density at radius 3 is 2.95 bits per heavy atom. The second kappa shape index (κ2) is 7.74. The Labute approximate surface area is 132 Å². The van der Waals surface area contributed by atoms with Crippen LogP contribution in [0.2, 0.25) is 0 Å². The Balaban J connectivity index is 1.80. The zero-order chi connectivity index (χ0) is 16.1. The number of nitrogens with zero attached hydrogens (tertiary/aromatic N) is 3. The topological polar surface area (TPSA) is 59.4 Å². The summed E-state index contributed by atoms with van der Waals surface area (Å²) in [5, 5.41) is 7.35. The van der Waals surface area contributed by atoms with Crippen molar-refractivity contribution in [3.63, 3.8) is 0 Å². The molecule has 22 heavy (non-hydrogen) atoms. The van der Waals surface area contributed by atoms with Crippen molar-refractivity contribution in [1.29, 1.82) is 0 Å². The molecule has 6 heteroatoms. The number of aryl methyl sites for hydroxylation is 1. The van der Waals surface area contributed by atoms with E-state index < -0.39 is 0 Å². The first-order valence-corrected chi connectivity index (χ1v) is 8.17.